The number of H-pyrrole nitrogens is 1. The van der Waals surface area contributed by atoms with Crippen molar-refractivity contribution in [3.63, 3.8) is 0 Å². The molecular formula is C29H32ClN3O4. The lowest BCUT2D eigenvalue weighted by Gasteiger charge is -2.36. The van der Waals surface area contributed by atoms with E-state index in [0.29, 0.717) is 16.5 Å². The van der Waals surface area contributed by atoms with Crippen LogP contribution in [0.3, 0.4) is 0 Å². The third kappa shape index (κ3) is 5.01. The Balaban J connectivity index is 1.36. The first-order valence-corrected chi connectivity index (χ1v) is 13.2. The van der Waals surface area contributed by atoms with Gasteiger partial charge in [0.15, 0.2) is 0 Å². The fraction of sp³-hybridized carbons (Fsp3) is 0.448. The molecule has 5 rings (SSSR count). The number of aromatic amines is 1. The topological polar surface area (TPSA) is 98.6 Å². The molecule has 2 aliphatic rings. The Morgan fingerprint density at radius 3 is 2.46 bits per heavy atom. The molecule has 8 heteroatoms. The standard InChI is InChI=1S/C29H32ClN3O4/c1-29(2,28(34)35)19-5-9-21(10-6-19)37-27-24(17-31)23-15-22(25(30)16-26(23)32-27)18-3-7-20(8-4-18)33-11-13-36-14-12-33/h3-4,7-8,15-16,19,21,32H,5-6,9-14H2,1-2H3,(H,34,35)/t19-,21-. The zero-order valence-electron chi connectivity index (χ0n) is 21.2. The molecule has 194 valence electrons. The van der Waals surface area contributed by atoms with Crippen molar-refractivity contribution in [2.24, 2.45) is 11.3 Å². The molecule has 0 unspecified atom stereocenters. The van der Waals surface area contributed by atoms with Crippen molar-refractivity contribution >= 4 is 34.2 Å². The van der Waals surface area contributed by atoms with Gasteiger partial charge in [-0.15, -0.1) is 0 Å². The molecule has 1 saturated heterocycles. The fourth-order valence-corrected chi connectivity index (χ4v) is 5.80. The molecule has 1 aliphatic carbocycles. The number of carboxylic acid groups (broad SMARTS) is 1. The first-order valence-electron chi connectivity index (χ1n) is 12.9. The molecule has 0 bridgehead atoms. The van der Waals surface area contributed by atoms with Crippen molar-refractivity contribution in [1.29, 1.82) is 5.26 Å². The highest BCUT2D eigenvalue weighted by Gasteiger charge is 2.39. The van der Waals surface area contributed by atoms with Crippen LogP contribution in [0, 0.1) is 22.7 Å². The van der Waals surface area contributed by atoms with Gasteiger partial charge in [-0.1, -0.05) is 23.7 Å². The molecule has 2 N–H and O–H groups in total. The smallest absolute Gasteiger partial charge is 0.309 e. The van der Waals surface area contributed by atoms with Crippen LogP contribution in [0.15, 0.2) is 36.4 Å². The maximum Gasteiger partial charge on any atom is 0.309 e. The zero-order chi connectivity index (χ0) is 26.2. The second-order valence-electron chi connectivity index (χ2n) is 10.6. The number of halogens is 1. The number of aliphatic carboxylic acids is 1. The van der Waals surface area contributed by atoms with Crippen molar-refractivity contribution in [2.45, 2.75) is 45.6 Å². The number of hydrogen-bond acceptors (Lipinski definition) is 5. The van der Waals surface area contributed by atoms with Crippen LogP contribution in [0.5, 0.6) is 5.88 Å². The van der Waals surface area contributed by atoms with Gasteiger partial charge in [-0.2, -0.15) is 5.26 Å². The van der Waals surface area contributed by atoms with Crippen LogP contribution >= 0.6 is 11.6 Å². The van der Waals surface area contributed by atoms with Crippen molar-refractivity contribution in [1.82, 2.24) is 4.98 Å². The van der Waals surface area contributed by atoms with E-state index >= 15 is 0 Å². The van der Waals surface area contributed by atoms with Gasteiger partial charge in [-0.25, -0.2) is 0 Å². The number of carboxylic acids is 1. The maximum absolute atomic E-state index is 11.6. The summed E-state index contributed by atoms with van der Waals surface area (Å²) in [5.41, 5.74) is 3.46. The third-order valence-electron chi connectivity index (χ3n) is 8.05. The van der Waals surface area contributed by atoms with Crippen LogP contribution < -0.4 is 9.64 Å². The number of nitrogens with one attached hydrogen (secondary N) is 1. The van der Waals surface area contributed by atoms with Gasteiger partial charge in [0, 0.05) is 29.7 Å². The van der Waals surface area contributed by atoms with E-state index < -0.39 is 11.4 Å². The number of morpholine rings is 1. The van der Waals surface area contributed by atoms with E-state index in [1.807, 2.05) is 12.1 Å². The van der Waals surface area contributed by atoms with Gasteiger partial charge in [0.05, 0.1) is 29.2 Å². The SMILES string of the molecule is CC(C)(C(=O)O)[C@H]1CC[C@H](Oc2[nH]c3cc(Cl)c(-c4ccc(N5CCOCC5)cc4)cc3c2C#N)CC1. The molecule has 2 aromatic carbocycles. The molecular weight excluding hydrogens is 490 g/mol. The van der Waals surface area contributed by atoms with Crippen LogP contribution in [0.25, 0.3) is 22.0 Å². The van der Waals surface area contributed by atoms with Crippen molar-refractivity contribution in [3.8, 4) is 23.1 Å². The second kappa shape index (κ2) is 10.3. The highest BCUT2D eigenvalue weighted by atomic mass is 35.5. The number of aromatic nitrogens is 1. The van der Waals surface area contributed by atoms with Crippen LogP contribution in [-0.4, -0.2) is 48.5 Å². The van der Waals surface area contributed by atoms with Gasteiger partial charge in [0.2, 0.25) is 5.88 Å². The number of fused-ring (bicyclic) bond motifs is 1. The molecule has 1 saturated carbocycles. The average Bonchev–Trinajstić information content (AvgIpc) is 3.24. The summed E-state index contributed by atoms with van der Waals surface area (Å²) in [5.74, 6) is -0.198. The van der Waals surface area contributed by atoms with E-state index in [9.17, 15) is 15.2 Å². The Morgan fingerprint density at radius 2 is 1.84 bits per heavy atom. The minimum atomic E-state index is -0.761. The van der Waals surface area contributed by atoms with Gasteiger partial charge in [0.1, 0.15) is 17.7 Å². The van der Waals surface area contributed by atoms with E-state index in [-0.39, 0.29) is 12.0 Å². The normalized spacial score (nSPS) is 20.5. The lowest BCUT2D eigenvalue weighted by molar-refractivity contribution is -0.151. The number of hydrogen-bond donors (Lipinski definition) is 2. The van der Waals surface area contributed by atoms with Gasteiger partial charge >= 0.3 is 5.97 Å². The molecule has 1 aromatic heterocycles. The molecule has 7 nitrogen and oxygen atoms in total. The summed E-state index contributed by atoms with van der Waals surface area (Å²) in [6.45, 7) is 6.82. The van der Waals surface area contributed by atoms with Gasteiger partial charge < -0.3 is 24.5 Å². The fourth-order valence-electron chi connectivity index (χ4n) is 5.53. The number of ether oxygens (including phenoxy) is 2. The molecule has 0 spiro atoms. The molecule has 0 radical (unpaired) electrons. The average molecular weight is 522 g/mol. The summed E-state index contributed by atoms with van der Waals surface area (Å²) in [4.78, 5) is 17.2. The largest absolute Gasteiger partial charge is 0.481 e. The molecule has 37 heavy (non-hydrogen) atoms. The summed E-state index contributed by atoms with van der Waals surface area (Å²) in [6, 6.07) is 14.4. The van der Waals surface area contributed by atoms with Gasteiger partial charge in [0.25, 0.3) is 0 Å². The number of nitrogens with zero attached hydrogens (tertiary/aromatic N) is 2. The predicted octanol–water partition coefficient (Wildman–Crippen LogP) is 6.24. The van der Waals surface area contributed by atoms with Crippen molar-refractivity contribution < 1.29 is 19.4 Å². The lowest BCUT2D eigenvalue weighted by atomic mass is 9.70. The Morgan fingerprint density at radius 1 is 1.16 bits per heavy atom. The number of carbonyl (C=O) groups is 1. The lowest BCUT2D eigenvalue weighted by Crippen LogP contribution is -2.37. The Bertz CT molecular complexity index is 1330. The monoisotopic (exact) mass is 521 g/mol. The Labute approximate surface area is 221 Å². The minimum absolute atomic E-state index is 0.0660. The summed E-state index contributed by atoms with van der Waals surface area (Å²) in [5, 5.41) is 20.9. The predicted molar refractivity (Wildman–Crippen MR) is 144 cm³/mol. The highest BCUT2D eigenvalue weighted by Crippen LogP contribution is 2.41. The number of rotatable bonds is 6. The van der Waals surface area contributed by atoms with Crippen LogP contribution in [-0.2, 0) is 9.53 Å². The first kappa shape index (κ1) is 25.4. The third-order valence-corrected chi connectivity index (χ3v) is 8.36. The van der Waals surface area contributed by atoms with E-state index in [1.54, 1.807) is 13.8 Å². The molecule has 1 aliphatic heterocycles. The molecule has 3 aromatic rings. The van der Waals surface area contributed by atoms with E-state index in [4.69, 9.17) is 21.1 Å². The van der Waals surface area contributed by atoms with Crippen LogP contribution in [0.4, 0.5) is 5.69 Å². The molecule has 0 amide bonds. The summed E-state index contributed by atoms with van der Waals surface area (Å²) in [7, 11) is 0. The van der Waals surface area contributed by atoms with E-state index in [0.717, 1.165) is 79.7 Å². The number of anilines is 1. The van der Waals surface area contributed by atoms with E-state index in [1.165, 1.54) is 0 Å². The molecule has 2 fully saturated rings. The van der Waals surface area contributed by atoms with Crippen LogP contribution in [0.1, 0.15) is 45.1 Å². The van der Waals surface area contributed by atoms with Gasteiger partial charge in [-0.3, -0.25) is 4.79 Å². The zero-order valence-corrected chi connectivity index (χ0v) is 22.0. The van der Waals surface area contributed by atoms with Gasteiger partial charge in [-0.05, 0) is 75.3 Å². The van der Waals surface area contributed by atoms with Crippen molar-refractivity contribution in [3.05, 3.63) is 47.0 Å². The first-order chi connectivity index (χ1) is 17.8. The Hall–Kier alpha value is -3.21. The maximum atomic E-state index is 11.6. The quantitative estimate of drug-likeness (QED) is 0.398. The summed E-state index contributed by atoms with van der Waals surface area (Å²) in [6.07, 6.45) is 3.00. The highest BCUT2D eigenvalue weighted by molar-refractivity contribution is 6.34. The van der Waals surface area contributed by atoms with E-state index in [2.05, 4.69) is 40.2 Å². The second-order valence-corrected chi connectivity index (χ2v) is 11.0. The molecule has 0 atom stereocenters. The minimum Gasteiger partial charge on any atom is -0.481 e. The Kier molecular flexibility index (Phi) is 7.06. The van der Waals surface area contributed by atoms with Crippen molar-refractivity contribution in [2.75, 3.05) is 31.2 Å². The summed E-state index contributed by atoms with van der Waals surface area (Å²) >= 11 is 6.69. The number of nitriles is 1. The molecule has 2 heterocycles. The summed E-state index contributed by atoms with van der Waals surface area (Å²) < 4.78 is 11.7. The van der Waals surface area contributed by atoms with Crippen LogP contribution in [0.2, 0.25) is 5.02 Å². The number of benzene rings is 2.